The zero-order valence-corrected chi connectivity index (χ0v) is 16.5. The van der Waals surface area contributed by atoms with Gasteiger partial charge in [0.2, 0.25) is 5.91 Å². The minimum absolute atomic E-state index is 0.0267. The molecule has 0 bridgehead atoms. The van der Waals surface area contributed by atoms with Crippen molar-refractivity contribution >= 4 is 23.3 Å². The molecule has 2 aromatic carbocycles. The fourth-order valence-corrected chi connectivity index (χ4v) is 4.60. The van der Waals surface area contributed by atoms with Crippen molar-refractivity contribution in [1.82, 2.24) is 5.32 Å². The highest BCUT2D eigenvalue weighted by Gasteiger charge is 2.39. The first-order valence-corrected chi connectivity index (χ1v) is 9.98. The van der Waals surface area contributed by atoms with Gasteiger partial charge in [-0.3, -0.25) is 9.59 Å². The van der Waals surface area contributed by atoms with E-state index >= 15 is 0 Å². The van der Waals surface area contributed by atoms with Gasteiger partial charge in [0.1, 0.15) is 5.75 Å². The first kappa shape index (κ1) is 18.8. The fraction of sp³-hybridized carbons (Fsp3) is 0.304. The van der Waals surface area contributed by atoms with Gasteiger partial charge in [-0.2, -0.15) is 0 Å². The van der Waals surface area contributed by atoms with Crippen molar-refractivity contribution in [3.05, 3.63) is 76.0 Å². The predicted octanol–water partition coefficient (Wildman–Crippen LogP) is 4.74. The van der Waals surface area contributed by atoms with Crippen LogP contribution < -0.4 is 10.1 Å². The SMILES string of the molecule is CCOc1ccccc1[C@@H]1CC(=O)NC2=C1C(=O)C[C@@H](c1ccccc1Cl)C2. The van der Waals surface area contributed by atoms with Gasteiger partial charge < -0.3 is 10.1 Å². The van der Waals surface area contributed by atoms with Gasteiger partial charge in [0.25, 0.3) is 0 Å². The third-order valence-electron chi connectivity index (χ3n) is 5.48. The number of carbonyl (C=O) groups is 2. The molecule has 2 aromatic rings. The maximum absolute atomic E-state index is 13.2. The molecule has 1 aliphatic carbocycles. The molecule has 28 heavy (non-hydrogen) atoms. The molecule has 0 radical (unpaired) electrons. The molecule has 4 rings (SSSR count). The lowest BCUT2D eigenvalue weighted by molar-refractivity contribution is -0.122. The maximum Gasteiger partial charge on any atom is 0.225 e. The van der Waals surface area contributed by atoms with Crippen molar-refractivity contribution in [1.29, 1.82) is 0 Å². The second-order valence-corrected chi connectivity index (χ2v) is 7.63. The van der Waals surface area contributed by atoms with Crippen LogP contribution in [0.25, 0.3) is 0 Å². The smallest absolute Gasteiger partial charge is 0.225 e. The standard InChI is InChI=1S/C23H22ClNO3/c1-2-28-21-10-6-4-8-16(21)17-13-22(27)25-19-11-14(12-20(26)23(17)19)15-7-3-5-9-18(15)24/h3-10,14,17H,2,11-13H2,1H3,(H,25,27)/t14-,17-/m0/s1. The molecular formula is C23H22ClNO3. The summed E-state index contributed by atoms with van der Waals surface area (Å²) in [5.74, 6) is 0.440. The van der Waals surface area contributed by atoms with Crippen LogP contribution in [0.15, 0.2) is 59.8 Å². The number of ketones is 1. The summed E-state index contributed by atoms with van der Waals surface area (Å²) in [5.41, 5.74) is 3.30. The van der Waals surface area contributed by atoms with Crippen LogP contribution in [0.3, 0.4) is 0 Å². The Bertz CT molecular complexity index is 966. The van der Waals surface area contributed by atoms with Gasteiger partial charge in [-0.05, 0) is 37.0 Å². The van der Waals surface area contributed by atoms with Gasteiger partial charge in [0.05, 0.1) is 6.61 Å². The minimum Gasteiger partial charge on any atom is -0.494 e. The van der Waals surface area contributed by atoms with Crippen molar-refractivity contribution in [2.75, 3.05) is 6.61 Å². The molecule has 0 saturated carbocycles. The third kappa shape index (κ3) is 3.45. The van der Waals surface area contributed by atoms with Crippen molar-refractivity contribution in [3.8, 4) is 5.75 Å². The number of benzene rings is 2. The number of nitrogens with one attached hydrogen (secondary N) is 1. The van der Waals surface area contributed by atoms with Crippen molar-refractivity contribution in [2.24, 2.45) is 0 Å². The van der Waals surface area contributed by atoms with E-state index in [0.717, 1.165) is 28.1 Å². The van der Waals surface area contributed by atoms with Gasteiger partial charge >= 0.3 is 0 Å². The average Bonchev–Trinajstić information content (AvgIpc) is 2.68. The summed E-state index contributed by atoms with van der Waals surface area (Å²) in [6.07, 6.45) is 1.25. The van der Waals surface area contributed by atoms with E-state index in [9.17, 15) is 9.59 Å². The van der Waals surface area contributed by atoms with Crippen LogP contribution in [0.1, 0.15) is 49.1 Å². The van der Waals surface area contributed by atoms with E-state index in [0.29, 0.717) is 24.5 Å². The number of ether oxygens (including phenoxy) is 1. The Hall–Kier alpha value is -2.59. The van der Waals surface area contributed by atoms with E-state index in [4.69, 9.17) is 16.3 Å². The van der Waals surface area contributed by atoms with Crippen molar-refractivity contribution < 1.29 is 14.3 Å². The van der Waals surface area contributed by atoms with Crippen molar-refractivity contribution in [2.45, 2.75) is 38.0 Å². The van der Waals surface area contributed by atoms with E-state index in [1.165, 1.54) is 0 Å². The molecule has 0 fully saturated rings. The maximum atomic E-state index is 13.2. The number of para-hydroxylation sites is 1. The fourth-order valence-electron chi connectivity index (χ4n) is 4.31. The second kappa shape index (κ2) is 7.80. The molecule has 1 N–H and O–H groups in total. The third-order valence-corrected chi connectivity index (χ3v) is 5.82. The molecule has 1 amide bonds. The first-order valence-electron chi connectivity index (χ1n) is 9.60. The lowest BCUT2D eigenvalue weighted by Crippen LogP contribution is -2.38. The number of Topliss-reactive ketones (excluding diaryl/α,β-unsaturated/α-hetero) is 1. The van der Waals surface area contributed by atoms with Gasteiger partial charge in [-0.1, -0.05) is 48.0 Å². The number of halogens is 1. The highest BCUT2D eigenvalue weighted by molar-refractivity contribution is 6.31. The average molecular weight is 396 g/mol. The molecule has 2 atom stereocenters. The van der Waals surface area contributed by atoms with Gasteiger partial charge in [0, 0.05) is 40.6 Å². The zero-order valence-electron chi connectivity index (χ0n) is 15.7. The lowest BCUT2D eigenvalue weighted by Gasteiger charge is -2.35. The van der Waals surface area contributed by atoms with Gasteiger partial charge in [-0.15, -0.1) is 0 Å². The Morgan fingerprint density at radius 3 is 2.46 bits per heavy atom. The highest BCUT2D eigenvalue weighted by Crippen LogP contribution is 2.45. The number of hydrogen-bond donors (Lipinski definition) is 1. The van der Waals surface area contributed by atoms with E-state index < -0.39 is 0 Å². The Balaban J connectivity index is 1.74. The topological polar surface area (TPSA) is 55.4 Å². The first-order chi connectivity index (χ1) is 13.6. The molecule has 2 aliphatic rings. The zero-order chi connectivity index (χ0) is 19.7. The minimum atomic E-state index is -0.272. The Morgan fingerprint density at radius 2 is 1.71 bits per heavy atom. The van der Waals surface area contributed by atoms with Crippen LogP contribution in [0.2, 0.25) is 5.02 Å². The Labute approximate surface area is 169 Å². The summed E-state index contributed by atoms with van der Waals surface area (Å²) < 4.78 is 5.76. The summed E-state index contributed by atoms with van der Waals surface area (Å²) in [4.78, 5) is 25.7. The van der Waals surface area contributed by atoms with Gasteiger partial charge in [-0.25, -0.2) is 0 Å². The Morgan fingerprint density at radius 1 is 1.00 bits per heavy atom. The van der Waals surface area contributed by atoms with Crippen molar-refractivity contribution in [3.63, 3.8) is 0 Å². The van der Waals surface area contributed by atoms with Crippen LogP contribution in [0, 0.1) is 0 Å². The highest BCUT2D eigenvalue weighted by atomic mass is 35.5. The van der Waals surface area contributed by atoms with E-state index in [-0.39, 0.29) is 29.9 Å². The summed E-state index contributed by atoms with van der Waals surface area (Å²) in [5, 5.41) is 3.61. The molecule has 1 heterocycles. The molecule has 0 saturated heterocycles. The lowest BCUT2D eigenvalue weighted by atomic mass is 9.73. The predicted molar refractivity (Wildman–Crippen MR) is 109 cm³/mol. The van der Waals surface area contributed by atoms with Crippen LogP contribution in [0.5, 0.6) is 5.75 Å². The molecule has 0 aromatic heterocycles. The summed E-state index contributed by atoms with van der Waals surface area (Å²) in [6.45, 7) is 2.46. The Kier molecular flexibility index (Phi) is 5.23. The van der Waals surface area contributed by atoms with Crippen LogP contribution in [-0.4, -0.2) is 18.3 Å². The molecule has 144 valence electrons. The molecular weight excluding hydrogens is 374 g/mol. The number of hydrogen-bond acceptors (Lipinski definition) is 3. The normalized spacial score (nSPS) is 21.9. The van der Waals surface area contributed by atoms with E-state index in [2.05, 4.69) is 5.32 Å². The number of allylic oxidation sites excluding steroid dienone is 2. The summed E-state index contributed by atoms with van der Waals surface area (Å²) in [7, 11) is 0. The second-order valence-electron chi connectivity index (χ2n) is 7.22. The quantitative estimate of drug-likeness (QED) is 0.813. The van der Waals surface area contributed by atoms with Crippen LogP contribution >= 0.6 is 11.6 Å². The molecule has 5 heteroatoms. The van der Waals surface area contributed by atoms with E-state index in [1.807, 2.05) is 55.5 Å². The summed E-state index contributed by atoms with van der Waals surface area (Å²) >= 11 is 6.36. The number of amides is 1. The summed E-state index contributed by atoms with van der Waals surface area (Å²) in [6, 6.07) is 15.3. The largest absolute Gasteiger partial charge is 0.494 e. The van der Waals surface area contributed by atoms with E-state index in [1.54, 1.807) is 0 Å². The molecule has 1 aliphatic heterocycles. The van der Waals surface area contributed by atoms with Crippen LogP contribution in [0.4, 0.5) is 0 Å². The monoisotopic (exact) mass is 395 g/mol. The molecule has 0 spiro atoms. The molecule has 0 unspecified atom stereocenters. The molecule has 4 nitrogen and oxygen atoms in total. The van der Waals surface area contributed by atoms with Crippen LogP contribution in [-0.2, 0) is 9.59 Å². The van der Waals surface area contributed by atoms with Gasteiger partial charge in [0.15, 0.2) is 5.78 Å². The number of carbonyl (C=O) groups excluding carboxylic acids is 2. The number of rotatable bonds is 4.